The van der Waals surface area contributed by atoms with Gasteiger partial charge in [0.2, 0.25) is 6.54 Å². The average molecular weight is 343 g/mol. The van der Waals surface area contributed by atoms with Gasteiger partial charge in [0.15, 0.2) is 12.4 Å². The normalized spacial score (nSPS) is 8.75. The van der Waals surface area contributed by atoms with Crippen LogP contribution in [0.3, 0.4) is 0 Å². The Balaban J connectivity index is 0.00000121. The smallest absolute Gasteiger partial charge is 0.283 e. The number of halogens is 2. The van der Waals surface area contributed by atoms with Crippen LogP contribution in [-0.2, 0) is 11.3 Å². The molecule has 0 radical (unpaired) electrons. The summed E-state index contributed by atoms with van der Waals surface area (Å²) in [6, 6.07) is 3.70. The molecule has 0 aromatic carbocycles. The van der Waals surface area contributed by atoms with Crippen molar-refractivity contribution in [3.05, 3.63) is 29.0 Å². The minimum atomic E-state index is -0.336. The number of carbonyl (C=O) groups excluding carboxylic acids is 1. The molecular weight excluding hydrogens is 335 g/mol. The van der Waals surface area contributed by atoms with E-state index in [9.17, 15) is 4.79 Å². The number of aromatic nitrogens is 1. The van der Waals surface area contributed by atoms with Crippen molar-refractivity contribution in [2.24, 2.45) is 5.73 Å². The predicted molar refractivity (Wildman–Crippen MR) is 43.5 cm³/mol. The van der Waals surface area contributed by atoms with Gasteiger partial charge < -0.3 is 29.7 Å². The highest BCUT2D eigenvalue weighted by Gasteiger charge is 2.02. The van der Waals surface area contributed by atoms with Gasteiger partial charge in [-0.3, -0.25) is 4.79 Å². The van der Waals surface area contributed by atoms with E-state index in [-0.39, 0.29) is 36.4 Å². The molecule has 5 heteroatoms. The fraction of sp³-hybridized carbons (Fsp3) is 0.143. The van der Waals surface area contributed by atoms with Gasteiger partial charge in [0.05, 0.1) is 0 Å². The van der Waals surface area contributed by atoms with E-state index in [4.69, 9.17) is 5.73 Å². The van der Waals surface area contributed by atoms with Crippen LogP contribution in [0, 0.1) is 0 Å². The molecule has 0 fully saturated rings. The van der Waals surface area contributed by atoms with E-state index < -0.39 is 0 Å². The molecule has 0 atom stereocenters. The molecule has 0 aliphatic carbocycles. The second kappa shape index (κ2) is 5.47. The summed E-state index contributed by atoms with van der Waals surface area (Å²) < 4.78 is 2.70. The van der Waals surface area contributed by atoms with Crippen molar-refractivity contribution in [2.45, 2.75) is 6.54 Å². The first-order valence-electron chi connectivity index (χ1n) is 3.11. The number of carbonyl (C=O) groups is 1. The van der Waals surface area contributed by atoms with Crippen molar-refractivity contribution >= 4 is 21.8 Å². The third kappa shape index (κ3) is 4.01. The molecule has 0 bridgehead atoms. The van der Waals surface area contributed by atoms with Gasteiger partial charge in [-0.15, -0.1) is 0 Å². The number of hydrogen-bond donors (Lipinski definition) is 1. The van der Waals surface area contributed by atoms with E-state index in [1.807, 2.05) is 12.1 Å². The number of rotatable bonds is 2. The Hall–Kier alpha value is -0.170. The molecule has 66 valence electrons. The van der Waals surface area contributed by atoms with E-state index in [1.165, 1.54) is 0 Å². The summed E-state index contributed by atoms with van der Waals surface area (Å²) in [6.45, 7) is 0.229. The number of nitrogens with two attached hydrogens (primary N) is 1. The molecule has 12 heavy (non-hydrogen) atoms. The first kappa shape index (κ1) is 11.8. The Bertz CT molecular complexity index is 263. The fourth-order valence-corrected chi connectivity index (χ4v) is 0.961. The Labute approximate surface area is 96.1 Å². The number of primary amides is 1. The second-order valence-corrected chi connectivity index (χ2v) is 3.07. The van der Waals surface area contributed by atoms with Crippen molar-refractivity contribution in [1.29, 1.82) is 0 Å². The average Bonchev–Trinajstić information content (AvgIpc) is 1.93. The van der Waals surface area contributed by atoms with Crippen molar-refractivity contribution in [2.75, 3.05) is 0 Å². The van der Waals surface area contributed by atoms with Gasteiger partial charge in [-0.25, -0.2) is 0 Å². The first-order valence-corrected chi connectivity index (χ1v) is 3.90. The summed E-state index contributed by atoms with van der Waals surface area (Å²) >= 11 is 3.28. The van der Waals surface area contributed by atoms with Gasteiger partial charge >= 0.3 is 0 Å². The molecular formula is C7H8BrIN2O. The lowest BCUT2D eigenvalue weighted by Gasteiger charge is -1.91. The summed E-state index contributed by atoms with van der Waals surface area (Å²) in [5, 5.41) is 0. The topological polar surface area (TPSA) is 47.0 Å². The lowest BCUT2D eigenvalue weighted by atomic mass is 10.4. The molecule has 3 nitrogen and oxygen atoms in total. The fourth-order valence-electron chi connectivity index (χ4n) is 0.724. The number of hydrogen-bond acceptors (Lipinski definition) is 1. The van der Waals surface area contributed by atoms with Gasteiger partial charge in [-0.05, 0) is 0 Å². The summed E-state index contributed by atoms with van der Waals surface area (Å²) in [5.74, 6) is -0.336. The number of pyridine rings is 1. The van der Waals surface area contributed by atoms with Crippen LogP contribution in [0.15, 0.2) is 29.0 Å². The largest absolute Gasteiger partial charge is 1.00 e. The zero-order chi connectivity index (χ0) is 8.27. The van der Waals surface area contributed by atoms with Crippen LogP contribution in [0.25, 0.3) is 0 Å². The third-order valence-electron chi connectivity index (χ3n) is 1.19. The summed E-state index contributed by atoms with van der Waals surface area (Å²) in [6.07, 6.45) is 3.57. The molecule has 1 heterocycles. The lowest BCUT2D eigenvalue weighted by Crippen LogP contribution is -3.00. The van der Waals surface area contributed by atoms with Gasteiger partial charge in [0.1, 0.15) is 0 Å². The van der Waals surface area contributed by atoms with E-state index in [2.05, 4.69) is 15.9 Å². The first-order chi connectivity index (χ1) is 5.18. The van der Waals surface area contributed by atoms with Crippen LogP contribution < -0.4 is 34.3 Å². The Kier molecular flexibility index (Phi) is 5.39. The Morgan fingerprint density at radius 2 is 2.00 bits per heavy atom. The Morgan fingerprint density at radius 1 is 1.50 bits per heavy atom. The molecule has 0 aliphatic rings. The minimum absolute atomic E-state index is 0. The van der Waals surface area contributed by atoms with Crippen molar-refractivity contribution in [3.63, 3.8) is 0 Å². The second-order valence-electron chi connectivity index (χ2n) is 2.16. The molecule has 0 saturated carbocycles. The van der Waals surface area contributed by atoms with Crippen LogP contribution >= 0.6 is 15.9 Å². The van der Waals surface area contributed by atoms with Crippen molar-refractivity contribution < 1.29 is 33.3 Å². The maximum Gasteiger partial charge on any atom is 0.283 e. The zero-order valence-electron chi connectivity index (χ0n) is 6.21. The van der Waals surface area contributed by atoms with Gasteiger partial charge in [0, 0.05) is 16.6 Å². The molecule has 1 aromatic heterocycles. The third-order valence-corrected chi connectivity index (χ3v) is 1.72. The maximum atomic E-state index is 10.4. The van der Waals surface area contributed by atoms with Crippen LogP contribution in [0.1, 0.15) is 0 Å². The highest BCUT2D eigenvalue weighted by atomic mass is 127. The number of amides is 1. The highest BCUT2D eigenvalue weighted by Crippen LogP contribution is 2.03. The molecule has 2 N–H and O–H groups in total. The summed E-state index contributed by atoms with van der Waals surface area (Å²) in [5.41, 5.74) is 4.99. The van der Waals surface area contributed by atoms with Crippen molar-refractivity contribution in [3.8, 4) is 0 Å². The molecule has 1 amide bonds. The molecule has 0 spiro atoms. The van der Waals surface area contributed by atoms with Gasteiger partial charge in [-0.2, -0.15) is 4.57 Å². The van der Waals surface area contributed by atoms with E-state index in [1.54, 1.807) is 17.0 Å². The van der Waals surface area contributed by atoms with Gasteiger partial charge in [0.25, 0.3) is 5.91 Å². The minimum Gasteiger partial charge on any atom is -1.00 e. The van der Waals surface area contributed by atoms with E-state index >= 15 is 0 Å². The predicted octanol–water partition coefficient (Wildman–Crippen LogP) is -2.77. The quantitative estimate of drug-likeness (QED) is 0.459. The summed E-state index contributed by atoms with van der Waals surface area (Å²) in [4.78, 5) is 10.4. The van der Waals surface area contributed by atoms with Crippen LogP contribution in [0.5, 0.6) is 0 Å². The zero-order valence-corrected chi connectivity index (χ0v) is 9.95. The molecule has 0 unspecified atom stereocenters. The molecule has 0 aliphatic heterocycles. The Morgan fingerprint density at radius 3 is 2.42 bits per heavy atom. The van der Waals surface area contributed by atoms with Crippen LogP contribution in [0.2, 0.25) is 0 Å². The van der Waals surface area contributed by atoms with Crippen molar-refractivity contribution in [1.82, 2.24) is 0 Å². The van der Waals surface area contributed by atoms with E-state index in [0.29, 0.717) is 0 Å². The number of nitrogens with zero attached hydrogens (tertiary/aromatic N) is 1. The SMILES string of the molecule is NC(=O)C[n+]1ccc(Br)cc1.[I-]. The molecule has 1 rings (SSSR count). The molecule has 1 aromatic rings. The van der Waals surface area contributed by atoms with Gasteiger partial charge in [-0.1, -0.05) is 15.9 Å². The lowest BCUT2D eigenvalue weighted by molar-refractivity contribution is -0.684. The standard InChI is InChI=1S/C7H7BrN2O.HI/c8-6-1-3-10(4-2-6)5-7(9)11;/h1-4H,5H2,(H-,9,11);1H. The summed E-state index contributed by atoms with van der Waals surface area (Å²) in [7, 11) is 0. The van der Waals surface area contributed by atoms with Crippen LogP contribution in [-0.4, -0.2) is 5.91 Å². The maximum absolute atomic E-state index is 10.4. The molecule has 0 saturated heterocycles. The van der Waals surface area contributed by atoms with Crippen LogP contribution in [0.4, 0.5) is 0 Å². The monoisotopic (exact) mass is 342 g/mol. The highest BCUT2D eigenvalue weighted by molar-refractivity contribution is 9.10. The van der Waals surface area contributed by atoms with E-state index in [0.717, 1.165) is 4.47 Å².